The Morgan fingerprint density at radius 1 is 1.00 bits per heavy atom. The van der Waals surface area contributed by atoms with Crippen LogP contribution < -0.4 is 5.32 Å². The normalized spacial score (nSPS) is 17.9. The maximum absolute atomic E-state index is 3.70. The Kier molecular flexibility index (Phi) is 3.77. The van der Waals surface area contributed by atoms with Crippen molar-refractivity contribution in [1.82, 2.24) is 0 Å². The summed E-state index contributed by atoms with van der Waals surface area (Å²) in [4.78, 5) is 0. The molecule has 0 spiro atoms. The van der Waals surface area contributed by atoms with Crippen molar-refractivity contribution >= 4 is 5.69 Å². The molecule has 1 aliphatic rings. The van der Waals surface area contributed by atoms with Gasteiger partial charge in [-0.25, -0.2) is 0 Å². The SMILES string of the molecule is CC(C)c1ccc(NC2CCCc3ccccc32)cc1. The Morgan fingerprint density at radius 2 is 1.75 bits per heavy atom. The van der Waals surface area contributed by atoms with E-state index in [4.69, 9.17) is 0 Å². The van der Waals surface area contributed by atoms with Crippen molar-refractivity contribution in [2.45, 2.75) is 45.1 Å². The van der Waals surface area contributed by atoms with Crippen LogP contribution >= 0.6 is 0 Å². The third-order valence-corrected chi connectivity index (χ3v) is 4.29. The molecular formula is C19H23N. The monoisotopic (exact) mass is 265 g/mol. The Hall–Kier alpha value is -1.76. The van der Waals surface area contributed by atoms with Crippen LogP contribution in [-0.2, 0) is 6.42 Å². The van der Waals surface area contributed by atoms with Crippen molar-refractivity contribution in [2.24, 2.45) is 0 Å². The zero-order valence-electron chi connectivity index (χ0n) is 12.4. The number of anilines is 1. The number of hydrogen-bond acceptors (Lipinski definition) is 1. The fourth-order valence-electron chi connectivity index (χ4n) is 3.07. The average Bonchev–Trinajstić information content (AvgIpc) is 2.48. The van der Waals surface area contributed by atoms with Crippen LogP contribution in [0.4, 0.5) is 5.69 Å². The van der Waals surface area contributed by atoms with E-state index in [1.807, 2.05) is 0 Å². The smallest absolute Gasteiger partial charge is 0.0516 e. The number of rotatable bonds is 3. The third-order valence-electron chi connectivity index (χ3n) is 4.29. The molecule has 1 heteroatoms. The van der Waals surface area contributed by atoms with Crippen LogP contribution in [0.3, 0.4) is 0 Å². The van der Waals surface area contributed by atoms with E-state index in [1.165, 1.54) is 41.6 Å². The largest absolute Gasteiger partial charge is 0.378 e. The Bertz CT molecular complexity index is 569. The number of benzene rings is 2. The lowest BCUT2D eigenvalue weighted by Crippen LogP contribution is -2.17. The van der Waals surface area contributed by atoms with Crippen LogP contribution in [0.1, 0.15) is 55.3 Å². The molecule has 0 saturated heterocycles. The van der Waals surface area contributed by atoms with Crippen LogP contribution in [0.15, 0.2) is 48.5 Å². The van der Waals surface area contributed by atoms with Gasteiger partial charge in [0.25, 0.3) is 0 Å². The first-order valence-electron chi connectivity index (χ1n) is 7.68. The van der Waals surface area contributed by atoms with Crippen molar-refractivity contribution in [3.8, 4) is 0 Å². The van der Waals surface area contributed by atoms with Gasteiger partial charge in [0.15, 0.2) is 0 Å². The Labute approximate surface area is 122 Å². The molecule has 2 aromatic rings. The van der Waals surface area contributed by atoms with Crippen molar-refractivity contribution in [1.29, 1.82) is 0 Å². The molecule has 0 heterocycles. The summed E-state index contributed by atoms with van der Waals surface area (Å²) in [5, 5.41) is 3.70. The zero-order chi connectivity index (χ0) is 13.9. The van der Waals surface area contributed by atoms with Gasteiger partial charge < -0.3 is 5.32 Å². The maximum Gasteiger partial charge on any atom is 0.0516 e. The highest BCUT2D eigenvalue weighted by Gasteiger charge is 2.19. The van der Waals surface area contributed by atoms with Crippen molar-refractivity contribution < 1.29 is 0 Å². The first-order chi connectivity index (χ1) is 9.74. The molecule has 1 unspecified atom stereocenters. The van der Waals surface area contributed by atoms with Crippen LogP contribution in [0.5, 0.6) is 0 Å². The molecule has 1 atom stereocenters. The van der Waals surface area contributed by atoms with E-state index >= 15 is 0 Å². The van der Waals surface area contributed by atoms with Gasteiger partial charge in [-0.15, -0.1) is 0 Å². The molecule has 2 aromatic carbocycles. The molecule has 0 amide bonds. The van der Waals surface area contributed by atoms with Gasteiger partial charge >= 0.3 is 0 Å². The molecule has 104 valence electrons. The highest BCUT2D eigenvalue weighted by atomic mass is 14.9. The molecule has 1 aliphatic carbocycles. The van der Waals surface area contributed by atoms with E-state index in [9.17, 15) is 0 Å². The van der Waals surface area contributed by atoms with E-state index in [-0.39, 0.29) is 0 Å². The van der Waals surface area contributed by atoms with Crippen LogP contribution in [0, 0.1) is 0 Å². The maximum atomic E-state index is 3.70. The van der Waals surface area contributed by atoms with Gasteiger partial charge in [-0.2, -0.15) is 0 Å². The standard InChI is InChI=1S/C19H23N/c1-14(2)15-10-12-17(13-11-15)20-19-9-5-7-16-6-3-4-8-18(16)19/h3-4,6,8,10-14,19-20H,5,7,9H2,1-2H3. The van der Waals surface area contributed by atoms with Gasteiger partial charge in [0, 0.05) is 5.69 Å². The minimum Gasteiger partial charge on any atom is -0.378 e. The van der Waals surface area contributed by atoms with Crippen molar-refractivity contribution in [2.75, 3.05) is 5.32 Å². The summed E-state index contributed by atoms with van der Waals surface area (Å²) in [6, 6.07) is 18.2. The fourth-order valence-corrected chi connectivity index (χ4v) is 3.07. The number of fused-ring (bicyclic) bond motifs is 1. The summed E-state index contributed by atoms with van der Waals surface area (Å²) >= 11 is 0. The summed E-state index contributed by atoms with van der Waals surface area (Å²) in [5.41, 5.74) is 5.62. The molecule has 0 radical (unpaired) electrons. The Balaban J connectivity index is 1.78. The first kappa shape index (κ1) is 13.2. The highest BCUT2D eigenvalue weighted by Crippen LogP contribution is 2.32. The second-order valence-electron chi connectivity index (χ2n) is 6.06. The van der Waals surface area contributed by atoms with Gasteiger partial charge in [0.05, 0.1) is 6.04 Å². The van der Waals surface area contributed by atoms with Gasteiger partial charge in [-0.3, -0.25) is 0 Å². The summed E-state index contributed by atoms with van der Waals surface area (Å²) in [7, 11) is 0. The predicted molar refractivity (Wildman–Crippen MR) is 86.3 cm³/mol. The van der Waals surface area contributed by atoms with Gasteiger partial charge in [-0.05, 0) is 54.0 Å². The quantitative estimate of drug-likeness (QED) is 0.794. The van der Waals surface area contributed by atoms with Crippen LogP contribution in [-0.4, -0.2) is 0 Å². The third kappa shape index (κ3) is 2.72. The van der Waals surface area contributed by atoms with E-state index in [1.54, 1.807) is 0 Å². The van der Waals surface area contributed by atoms with Crippen molar-refractivity contribution in [3.05, 3.63) is 65.2 Å². The van der Waals surface area contributed by atoms with E-state index < -0.39 is 0 Å². The van der Waals surface area contributed by atoms with E-state index in [0.29, 0.717) is 12.0 Å². The fraction of sp³-hybridized carbons (Fsp3) is 0.368. The lowest BCUT2D eigenvalue weighted by molar-refractivity contribution is 0.600. The molecule has 20 heavy (non-hydrogen) atoms. The minimum absolute atomic E-state index is 0.463. The minimum atomic E-state index is 0.463. The molecule has 0 bridgehead atoms. The number of aryl methyl sites for hydroxylation is 1. The molecule has 1 nitrogen and oxygen atoms in total. The summed E-state index contributed by atoms with van der Waals surface area (Å²) in [6.07, 6.45) is 3.72. The number of nitrogens with one attached hydrogen (secondary N) is 1. The summed E-state index contributed by atoms with van der Waals surface area (Å²) in [6.45, 7) is 4.47. The highest BCUT2D eigenvalue weighted by molar-refractivity contribution is 5.48. The second kappa shape index (κ2) is 5.70. The molecule has 0 fully saturated rings. The molecular weight excluding hydrogens is 242 g/mol. The first-order valence-corrected chi connectivity index (χ1v) is 7.68. The topological polar surface area (TPSA) is 12.0 Å². The summed E-state index contributed by atoms with van der Waals surface area (Å²) in [5.74, 6) is 0.597. The Morgan fingerprint density at radius 3 is 2.50 bits per heavy atom. The van der Waals surface area contributed by atoms with Gasteiger partial charge in [0.1, 0.15) is 0 Å². The summed E-state index contributed by atoms with van der Waals surface area (Å²) < 4.78 is 0. The lowest BCUT2D eigenvalue weighted by atomic mass is 9.87. The average molecular weight is 265 g/mol. The van der Waals surface area contributed by atoms with Gasteiger partial charge in [0.2, 0.25) is 0 Å². The molecule has 0 aliphatic heterocycles. The lowest BCUT2D eigenvalue weighted by Gasteiger charge is -2.27. The molecule has 3 rings (SSSR count). The molecule has 1 N–H and O–H groups in total. The van der Waals surface area contributed by atoms with E-state index in [0.717, 1.165) is 0 Å². The molecule has 0 aromatic heterocycles. The van der Waals surface area contributed by atoms with Crippen LogP contribution in [0.25, 0.3) is 0 Å². The second-order valence-corrected chi connectivity index (χ2v) is 6.06. The van der Waals surface area contributed by atoms with E-state index in [2.05, 4.69) is 67.7 Å². The zero-order valence-corrected chi connectivity index (χ0v) is 12.4. The van der Waals surface area contributed by atoms with Crippen LogP contribution in [0.2, 0.25) is 0 Å². The van der Waals surface area contributed by atoms with Crippen molar-refractivity contribution in [3.63, 3.8) is 0 Å². The predicted octanol–water partition coefficient (Wildman–Crippen LogP) is 5.30. The molecule has 0 saturated carbocycles. The van der Waals surface area contributed by atoms with Gasteiger partial charge in [-0.1, -0.05) is 50.2 Å². The number of hydrogen-bond donors (Lipinski definition) is 1.